The maximum absolute atomic E-state index is 14.1. The quantitative estimate of drug-likeness (QED) is 0.338. The van der Waals surface area contributed by atoms with Gasteiger partial charge in [0.15, 0.2) is 11.7 Å². The molecule has 2 fully saturated rings. The highest BCUT2D eigenvalue weighted by Crippen LogP contribution is 2.39. The minimum absolute atomic E-state index is 0.0812. The molecule has 1 aliphatic heterocycles. The van der Waals surface area contributed by atoms with Crippen molar-refractivity contribution in [2.75, 3.05) is 20.3 Å². The highest BCUT2D eigenvalue weighted by molar-refractivity contribution is 5.29. The number of hydrogen-bond donors (Lipinski definition) is 0. The lowest BCUT2D eigenvalue weighted by molar-refractivity contribution is -0.0440. The Bertz CT molecular complexity index is 571. The van der Waals surface area contributed by atoms with Gasteiger partial charge < -0.3 is 14.2 Å². The monoisotopic (exact) mass is 442 g/mol. The molecule has 31 heavy (non-hydrogen) atoms. The minimum Gasteiger partial charge on any atom is -0.498 e. The van der Waals surface area contributed by atoms with E-state index >= 15 is 0 Å². The summed E-state index contributed by atoms with van der Waals surface area (Å²) in [5.41, 5.74) is 0. The van der Waals surface area contributed by atoms with Crippen LogP contribution < -0.4 is 0 Å². The average Bonchev–Trinajstić information content (AvgIpc) is 2.82. The first kappa shape index (κ1) is 26.2. The average molecular weight is 443 g/mol. The Morgan fingerprint density at radius 3 is 2.13 bits per heavy atom. The van der Waals surface area contributed by atoms with E-state index in [1.807, 2.05) is 13.8 Å². The molecule has 2 atom stereocenters. The van der Waals surface area contributed by atoms with Crippen LogP contribution in [0, 0.1) is 17.8 Å². The van der Waals surface area contributed by atoms with Gasteiger partial charge in [-0.1, -0.05) is 40.0 Å². The van der Waals surface area contributed by atoms with Crippen molar-refractivity contribution in [1.82, 2.24) is 0 Å². The first-order chi connectivity index (χ1) is 15.1. The van der Waals surface area contributed by atoms with Crippen LogP contribution in [0.25, 0.3) is 0 Å². The lowest BCUT2D eigenvalue weighted by Gasteiger charge is -2.38. The van der Waals surface area contributed by atoms with Crippen molar-refractivity contribution in [2.24, 2.45) is 17.8 Å². The summed E-state index contributed by atoms with van der Waals surface area (Å²) in [5, 5.41) is 0. The highest BCUT2D eigenvalue weighted by Gasteiger charge is 2.32. The zero-order valence-corrected chi connectivity index (χ0v) is 20.2. The zero-order valence-electron chi connectivity index (χ0n) is 20.2. The minimum atomic E-state index is -0.900. The lowest BCUT2D eigenvalue weighted by Crippen LogP contribution is -2.33. The first-order valence-electron chi connectivity index (χ1n) is 12.7. The van der Waals surface area contributed by atoms with Crippen molar-refractivity contribution < 1.29 is 23.0 Å². The van der Waals surface area contributed by atoms with E-state index < -0.39 is 11.7 Å². The molecule has 0 bridgehead atoms. The molecule has 3 rings (SSSR count). The topological polar surface area (TPSA) is 27.7 Å². The van der Waals surface area contributed by atoms with Crippen LogP contribution in [0.4, 0.5) is 8.78 Å². The van der Waals surface area contributed by atoms with Crippen LogP contribution in [0.1, 0.15) is 97.8 Å². The molecule has 1 heterocycles. The number of unbranched alkanes of at least 4 members (excludes halogenated alkanes) is 2. The summed E-state index contributed by atoms with van der Waals surface area (Å²) in [4.78, 5) is 0. The summed E-state index contributed by atoms with van der Waals surface area (Å²) in [7, 11) is 1.37. The van der Waals surface area contributed by atoms with Gasteiger partial charge in [0.25, 0.3) is 0 Å². The molecule has 180 valence electrons. The van der Waals surface area contributed by atoms with E-state index in [1.165, 1.54) is 58.5 Å². The number of allylic oxidation sites excluding steroid dienone is 4. The Kier molecular flexibility index (Phi) is 11.9. The molecule has 0 aromatic rings. The van der Waals surface area contributed by atoms with Crippen molar-refractivity contribution in [2.45, 2.75) is 104 Å². The molecule has 3 aliphatic rings. The third kappa shape index (κ3) is 7.76. The Labute approximate surface area is 188 Å². The standard InChI is InChI=1S/C24H38F2O3.C2H6/c1-3-4-5-6-20-12-11-19(16-28-20)18-9-7-17(8-10-18)15-29-22-14-13-21(27-2)23(25)24(22)26;1-2/h17-20H,3-16H2,1-2H3;1-2H3. The molecule has 0 aromatic heterocycles. The summed E-state index contributed by atoms with van der Waals surface area (Å²) in [6, 6.07) is 0. The van der Waals surface area contributed by atoms with Crippen LogP contribution >= 0.6 is 0 Å². The normalized spacial score (nSPS) is 29.4. The van der Waals surface area contributed by atoms with Crippen molar-refractivity contribution in [3.8, 4) is 0 Å². The third-order valence-corrected chi connectivity index (χ3v) is 7.09. The molecule has 0 amide bonds. The molecule has 0 spiro atoms. The molecule has 3 nitrogen and oxygen atoms in total. The summed E-state index contributed by atoms with van der Waals surface area (Å²) >= 11 is 0. The summed E-state index contributed by atoms with van der Waals surface area (Å²) < 4.78 is 44.7. The first-order valence-corrected chi connectivity index (χ1v) is 12.7. The van der Waals surface area contributed by atoms with Gasteiger partial charge in [0.05, 0.1) is 26.4 Å². The van der Waals surface area contributed by atoms with Gasteiger partial charge in [-0.25, -0.2) is 0 Å². The van der Waals surface area contributed by atoms with Gasteiger partial charge in [0.1, 0.15) is 11.5 Å². The molecule has 0 radical (unpaired) electrons. The van der Waals surface area contributed by atoms with E-state index in [2.05, 4.69) is 6.92 Å². The van der Waals surface area contributed by atoms with Crippen LogP contribution in [0.3, 0.4) is 0 Å². The number of halogens is 2. The second-order valence-corrected chi connectivity index (χ2v) is 9.06. The van der Waals surface area contributed by atoms with E-state index in [-0.39, 0.29) is 11.5 Å². The fourth-order valence-electron chi connectivity index (χ4n) is 5.11. The Morgan fingerprint density at radius 1 is 0.871 bits per heavy atom. The molecule has 0 aromatic carbocycles. The predicted molar refractivity (Wildman–Crippen MR) is 122 cm³/mol. The Morgan fingerprint density at radius 2 is 1.52 bits per heavy atom. The summed E-state index contributed by atoms with van der Waals surface area (Å²) in [6.07, 6.45) is 13.4. The fourth-order valence-corrected chi connectivity index (χ4v) is 5.11. The molecule has 2 unspecified atom stereocenters. The van der Waals surface area contributed by atoms with Crippen molar-refractivity contribution in [1.29, 1.82) is 0 Å². The van der Waals surface area contributed by atoms with Gasteiger partial charge in [0.2, 0.25) is 0 Å². The molecule has 2 aliphatic carbocycles. The van der Waals surface area contributed by atoms with E-state index in [1.54, 1.807) is 0 Å². The van der Waals surface area contributed by atoms with E-state index in [0.717, 1.165) is 25.4 Å². The summed E-state index contributed by atoms with van der Waals surface area (Å²) in [6.45, 7) is 7.66. The van der Waals surface area contributed by atoms with Gasteiger partial charge in [-0.05, 0) is 62.7 Å². The molecular weight excluding hydrogens is 398 g/mol. The van der Waals surface area contributed by atoms with Gasteiger partial charge in [-0.15, -0.1) is 0 Å². The molecule has 0 N–H and O–H groups in total. The third-order valence-electron chi connectivity index (χ3n) is 7.09. The van der Waals surface area contributed by atoms with Crippen molar-refractivity contribution in [3.63, 3.8) is 0 Å². The van der Waals surface area contributed by atoms with Crippen molar-refractivity contribution in [3.05, 3.63) is 23.2 Å². The Hall–Kier alpha value is -1.10. The highest BCUT2D eigenvalue weighted by atomic mass is 19.2. The number of methoxy groups -OCH3 is 1. The molecule has 1 saturated carbocycles. The number of rotatable bonds is 9. The number of ether oxygens (including phenoxy) is 3. The molecule has 5 heteroatoms. The van der Waals surface area contributed by atoms with E-state index in [0.29, 0.717) is 37.4 Å². The van der Waals surface area contributed by atoms with E-state index in [4.69, 9.17) is 14.2 Å². The van der Waals surface area contributed by atoms with E-state index in [9.17, 15) is 8.78 Å². The zero-order chi connectivity index (χ0) is 22.6. The van der Waals surface area contributed by atoms with Crippen LogP contribution in [0.2, 0.25) is 0 Å². The van der Waals surface area contributed by atoms with Crippen LogP contribution in [0.5, 0.6) is 0 Å². The molecule has 1 saturated heterocycles. The Balaban J connectivity index is 0.00000166. The van der Waals surface area contributed by atoms with Crippen LogP contribution in [-0.4, -0.2) is 26.4 Å². The second kappa shape index (κ2) is 14.1. The van der Waals surface area contributed by atoms with Crippen molar-refractivity contribution >= 4 is 0 Å². The van der Waals surface area contributed by atoms with Gasteiger partial charge in [0, 0.05) is 12.8 Å². The lowest BCUT2D eigenvalue weighted by atomic mass is 9.74. The summed E-state index contributed by atoms with van der Waals surface area (Å²) in [5.74, 6) is 0.339. The SMILES string of the molecule is CC.CCCCCC1CCC(C2CCC(COC3=C(F)C(F)=C(OC)CC3)CC2)CO1. The maximum Gasteiger partial charge on any atom is 0.199 e. The second-order valence-electron chi connectivity index (χ2n) is 9.06. The smallest absolute Gasteiger partial charge is 0.199 e. The van der Waals surface area contributed by atoms with Crippen LogP contribution in [0.15, 0.2) is 23.2 Å². The largest absolute Gasteiger partial charge is 0.498 e. The van der Waals surface area contributed by atoms with Gasteiger partial charge in [-0.2, -0.15) is 8.78 Å². The maximum atomic E-state index is 14.1. The van der Waals surface area contributed by atoms with Gasteiger partial charge in [-0.3, -0.25) is 0 Å². The molecular formula is C26H44F2O3. The fraction of sp³-hybridized carbons (Fsp3) is 0.846. The number of hydrogen-bond acceptors (Lipinski definition) is 3. The predicted octanol–water partition coefficient (Wildman–Crippen LogP) is 8.01. The van der Waals surface area contributed by atoms with Gasteiger partial charge >= 0.3 is 0 Å². The van der Waals surface area contributed by atoms with Crippen LogP contribution in [-0.2, 0) is 14.2 Å².